The van der Waals surface area contributed by atoms with Crippen LogP contribution in [0.25, 0.3) is 0 Å². The molecule has 2 fully saturated rings. The molecule has 0 saturated carbocycles. The Morgan fingerprint density at radius 2 is 1.72 bits per heavy atom. The van der Waals surface area contributed by atoms with Crippen LogP contribution in [0.4, 0.5) is 4.79 Å². The number of carbonyl (C=O) groups is 3. The van der Waals surface area contributed by atoms with E-state index in [2.05, 4.69) is 5.16 Å². The van der Waals surface area contributed by atoms with Gasteiger partial charge in [-0.3, -0.25) is 9.59 Å². The number of amides is 3. The van der Waals surface area contributed by atoms with Crippen molar-refractivity contribution in [1.82, 2.24) is 19.9 Å². The summed E-state index contributed by atoms with van der Waals surface area (Å²) in [4.78, 5) is 42.9. The van der Waals surface area contributed by atoms with E-state index >= 15 is 0 Å². The normalized spacial score (nSPS) is 20.7. The molecule has 0 spiro atoms. The fourth-order valence-electron chi connectivity index (χ4n) is 3.93. The number of piperazine rings is 1. The zero-order valence-corrected chi connectivity index (χ0v) is 17.9. The molecule has 1 atom stereocenters. The number of likely N-dealkylation sites (tertiary alicyclic amines) is 1. The average Bonchev–Trinajstić information content (AvgIpc) is 3.16. The molecule has 0 N–H and O–H groups in total. The average molecular weight is 405 g/mol. The minimum Gasteiger partial charge on any atom is -0.361 e. The summed E-state index contributed by atoms with van der Waals surface area (Å²) >= 11 is 0. The van der Waals surface area contributed by atoms with Crippen molar-refractivity contribution in [1.29, 1.82) is 0 Å². The minimum atomic E-state index is -0.420. The maximum atomic E-state index is 13.1. The van der Waals surface area contributed by atoms with Gasteiger partial charge < -0.3 is 19.2 Å². The van der Waals surface area contributed by atoms with E-state index in [4.69, 9.17) is 4.52 Å². The Kier molecular flexibility index (Phi) is 6.29. The summed E-state index contributed by atoms with van der Waals surface area (Å²) in [5, 5.41) is 4.05. The number of hydrogen-bond acceptors (Lipinski definition) is 5. The molecule has 3 rings (SSSR count). The zero-order valence-electron chi connectivity index (χ0n) is 17.9. The summed E-state index contributed by atoms with van der Waals surface area (Å²) in [6.45, 7) is 10.3. The van der Waals surface area contributed by atoms with Crippen LogP contribution in [0, 0.1) is 0 Å². The smallest absolute Gasteiger partial charge is 0.320 e. The van der Waals surface area contributed by atoms with E-state index in [1.165, 1.54) is 0 Å². The second-order valence-corrected chi connectivity index (χ2v) is 9.06. The highest BCUT2D eigenvalue weighted by Gasteiger charge is 2.36. The molecule has 3 amide bonds. The van der Waals surface area contributed by atoms with Gasteiger partial charge in [0.05, 0.1) is 18.2 Å². The topological polar surface area (TPSA) is 87.0 Å². The molecule has 8 nitrogen and oxygen atoms in total. The van der Waals surface area contributed by atoms with Gasteiger partial charge in [-0.1, -0.05) is 25.9 Å². The zero-order chi connectivity index (χ0) is 21.2. The van der Waals surface area contributed by atoms with Gasteiger partial charge in [0.15, 0.2) is 5.78 Å². The maximum absolute atomic E-state index is 13.1. The third-order valence-electron chi connectivity index (χ3n) is 5.77. The van der Waals surface area contributed by atoms with E-state index in [9.17, 15) is 14.4 Å². The molecule has 2 aliphatic heterocycles. The Balaban J connectivity index is 1.64. The van der Waals surface area contributed by atoms with Crippen LogP contribution in [0.15, 0.2) is 10.6 Å². The van der Waals surface area contributed by atoms with Gasteiger partial charge in [0, 0.05) is 51.1 Å². The Hall–Kier alpha value is -2.38. The second-order valence-electron chi connectivity index (χ2n) is 9.06. The standard InChI is InChI=1S/C21H32N4O4/c1-15(26)23-9-11-24(12-10-23)20(28)25-8-6-5-7-17(25)18(27)13-16-14-19(29-22-16)21(2,3)4/h14,17H,5-13H2,1-4H3/t17-/m0/s1. The number of piperidine rings is 1. The van der Waals surface area contributed by atoms with Crippen LogP contribution in [0.1, 0.15) is 58.4 Å². The molecule has 2 aliphatic rings. The molecule has 0 bridgehead atoms. The van der Waals surface area contributed by atoms with Crippen LogP contribution < -0.4 is 0 Å². The fraction of sp³-hybridized carbons (Fsp3) is 0.714. The number of hydrogen-bond donors (Lipinski definition) is 0. The van der Waals surface area contributed by atoms with Crippen molar-refractivity contribution in [2.75, 3.05) is 32.7 Å². The minimum absolute atomic E-state index is 0.00850. The van der Waals surface area contributed by atoms with Crippen LogP contribution in [-0.2, 0) is 21.4 Å². The third kappa shape index (κ3) is 4.97. The number of aromatic nitrogens is 1. The summed E-state index contributed by atoms with van der Waals surface area (Å²) in [5.74, 6) is 0.791. The Morgan fingerprint density at radius 3 is 2.31 bits per heavy atom. The highest BCUT2D eigenvalue weighted by molar-refractivity contribution is 5.90. The van der Waals surface area contributed by atoms with Gasteiger partial charge >= 0.3 is 6.03 Å². The summed E-state index contributed by atoms with van der Waals surface area (Å²) in [6, 6.07) is 1.33. The van der Waals surface area contributed by atoms with Crippen LogP contribution in [-0.4, -0.2) is 76.3 Å². The monoisotopic (exact) mass is 404 g/mol. The van der Waals surface area contributed by atoms with Crippen molar-refractivity contribution in [2.45, 2.75) is 64.8 Å². The van der Waals surface area contributed by atoms with Gasteiger partial charge in [-0.15, -0.1) is 0 Å². The fourth-order valence-corrected chi connectivity index (χ4v) is 3.93. The molecule has 29 heavy (non-hydrogen) atoms. The largest absolute Gasteiger partial charge is 0.361 e. The molecule has 0 unspecified atom stereocenters. The lowest BCUT2D eigenvalue weighted by Crippen LogP contribution is -2.58. The molecule has 0 radical (unpaired) electrons. The highest BCUT2D eigenvalue weighted by atomic mass is 16.5. The molecule has 0 aliphatic carbocycles. The lowest BCUT2D eigenvalue weighted by molar-refractivity contribution is -0.130. The molecule has 160 valence electrons. The molecule has 0 aromatic carbocycles. The molecule has 2 saturated heterocycles. The third-order valence-corrected chi connectivity index (χ3v) is 5.77. The maximum Gasteiger partial charge on any atom is 0.320 e. The Bertz CT molecular complexity index is 759. The van der Waals surface area contributed by atoms with Gasteiger partial charge in [-0.25, -0.2) is 4.79 Å². The lowest BCUT2D eigenvalue weighted by atomic mass is 9.92. The Labute approximate surface area is 172 Å². The van der Waals surface area contributed by atoms with Crippen molar-refractivity contribution in [3.05, 3.63) is 17.5 Å². The van der Waals surface area contributed by atoms with Gasteiger partial charge in [-0.2, -0.15) is 0 Å². The number of carbonyl (C=O) groups excluding carboxylic acids is 3. The van der Waals surface area contributed by atoms with Crippen molar-refractivity contribution in [3.8, 4) is 0 Å². The number of Topliss-reactive ketones (excluding diaryl/α,β-unsaturated/α-hetero) is 1. The first-order valence-corrected chi connectivity index (χ1v) is 10.5. The van der Waals surface area contributed by atoms with Crippen LogP contribution in [0.3, 0.4) is 0 Å². The van der Waals surface area contributed by atoms with E-state index in [1.807, 2.05) is 26.8 Å². The quantitative estimate of drug-likeness (QED) is 0.771. The molecule has 3 heterocycles. The molecule has 1 aromatic rings. The van der Waals surface area contributed by atoms with Crippen LogP contribution in [0.2, 0.25) is 0 Å². The van der Waals surface area contributed by atoms with Crippen molar-refractivity contribution in [3.63, 3.8) is 0 Å². The summed E-state index contributed by atoms with van der Waals surface area (Å²) in [5.41, 5.74) is 0.455. The van der Waals surface area contributed by atoms with Crippen molar-refractivity contribution < 1.29 is 18.9 Å². The first kappa shape index (κ1) is 21.3. The van der Waals surface area contributed by atoms with Gasteiger partial charge in [0.2, 0.25) is 5.91 Å². The van der Waals surface area contributed by atoms with Crippen molar-refractivity contribution >= 4 is 17.7 Å². The van der Waals surface area contributed by atoms with E-state index in [1.54, 1.807) is 21.6 Å². The van der Waals surface area contributed by atoms with E-state index < -0.39 is 6.04 Å². The number of rotatable bonds is 3. The highest BCUT2D eigenvalue weighted by Crippen LogP contribution is 2.25. The van der Waals surface area contributed by atoms with E-state index in [0.29, 0.717) is 44.8 Å². The number of ketones is 1. The van der Waals surface area contributed by atoms with Gasteiger partial charge in [-0.05, 0) is 19.3 Å². The van der Waals surface area contributed by atoms with Gasteiger partial charge in [0.25, 0.3) is 0 Å². The van der Waals surface area contributed by atoms with E-state index in [0.717, 1.165) is 18.6 Å². The first-order valence-electron chi connectivity index (χ1n) is 10.5. The number of urea groups is 1. The summed E-state index contributed by atoms with van der Waals surface area (Å²) < 4.78 is 5.39. The van der Waals surface area contributed by atoms with Crippen LogP contribution >= 0.6 is 0 Å². The van der Waals surface area contributed by atoms with E-state index in [-0.39, 0.29) is 29.6 Å². The van der Waals surface area contributed by atoms with Crippen molar-refractivity contribution in [2.24, 2.45) is 0 Å². The Morgan fingerprint density at radius 1 is 1.07 bits per heavy atom. The second kappa shape index (κ2) is 8.55. The summed E-state index contributed by atoms with van der Waals surface area (Å²) in [7, 11) is 0. The predicted molar refractivity (Wildman–Crippen MR) is 107 cm³/mol. The summed E-state index contributed by atoms with van der Waals surface area (Å²) in [6.07, 6.45) is 2.69. The molecule has 1 aromatic heterocycles. The predicted octanol–water partition coefficient (Wildman–Crippen LogP) is 2.22. The lowest BCUT2D eigenvalue weighted by Gasteiger charge is -2.41. The molecule has 8 heteroatoms. The SMILES string of the molecule is CC(=O)N1CCN(C(=O)N2CCCC[C@H]2C(=O)Cc2cc(C(C)(C)C)on2)CC1. The number of nitrogens with zero attached hydrogens (tertiary/aromatic N) is 4. The van der Waals surface area contributed by atoms with Gasteiger partial charge in [0.1, 0.15) is 5.76 Å². The molecular weight excluding hydrogens is 372 g/mol. The molecular formula is C21H32N4O4. The first-order chi connectivity index (χ1) is 13.7. The van der Waals surface area contributed by atoms with Crippen LogP contribution in [0.5, 0.6) is 0 Å².